The van der Waals surface area contributed by atoms with Crippen LogP contribution in [0, 0.1) is 0 Å². The fraction of sp³-hybridized carbons (Fsp3) is 0.571. The van der Waals surface area contributed by atoms with Crippen molar-refractivity contribution in [2.24, 2.45) is 0 Å². The molecule has 1 aromatic rings. The minimum absolute atomic E-state index is 0.573. The van der Waals surface area contributed by atoms with Gasteiger partial charge < -0.3 is 19.7 Å². The summed E-state index contributed by atoms with van der Waals surface area (Å²) in [5.41, 5.74) is 1.13. The molecule has 0 amide bonds. The van der Waals surface area contributed by atoms with Crippen molar-refractivity contribution >= 4 is 5.69 Å². The fourth-order valence-corrected chi connectivity index (χ4v) is 2.52. The van der Waals surface area contributed by atoms with E-state index in [1.54, 1.807) is 0 Å². The zero-order valence-corrected chi connectivity index (χ0v) is 10.8. The Morgan fingerprint density at radius 1 is 1.11 bits per heavy atom. The summed E-state index contributed by atoms with van der Waals surface area (Å²) in [4.78, 5) is 2.38. The Balaban J connectivity index is 1.66. The van der Waals surface area contributed by atoms with Crippen molar-refractivity contribution in [2.75, 3.05) is 38.7 Å². The molecule has 0 bridgehead atoms. The summed E-state index contributed by atoms with van der Waals surface area (Å²) in [5.74, 6) is 1.72. The molecule has 2 aliphatic rings. The summed E-state index contributed by atoms with van der Waals surface area (Å²) < 4.78 is 11.1. The smallest absolute Gasteiger partial charge is 0.163 e. The van der Waals surface area contributed by atoms with Crippen LogP contribution in [0.15, 0.2) is 18.2 Å². The molecule has 4 heteroatoms. The van der Waals surface area contributed by atoms with Gasteiger partial charge in [0.25, 0.3) is 0 Å². The molecule has 1 aromatic carbocycles. The van der Waals surface area contributed by atoms with Crippen molar-refractivity contribution in [3.05, 3.63) is 18.2 Å². The van der Waals surface area contributed by atoms with Crippen molar-refractivity contribution in [1.29, 1.82) is 0 Å². The normalized spacial score (nSPS) is 20.7. The van der Waals surface area contributed by atoms with Crippen LogP contribution in [0.4, 0.5) is 5.69 Å². The molecule has 1 saturated heterocycles. The van der Waals surface area contributed by atoms with Crippen LogP contribution in [0.25, 0.3) is 0 Å². The molecule has 0 aromatic heterocycles. The Kier molecular flexibility index (Phi) is 3.28. The number of likely N-dealkylation sites (tertiary alicyclic amines) is 1. The highest BCUT2D eigenvalue weighted by molar-refractivity contribution is 5.55. The number of ether oxygens (including phenoxy) is 2. The van der Waals surface area contributed by atoms with Crippen LogP contribution >= 0.6 is 0 Å². The van der Waals surface area contributed by atoms with Crippen molar-refractivity contribution in [3.63, 3.8) is 0 Å². The predicted molar refractivity (Wildman–Crippen MR) is 71.6 cm³/mol. The minimum Gasteiger partial charge on any atom is -0.486 e. The lowest BCUT2D eigenvalue weighted by molar-refractivity contribution is 0.171. The number of nitrogens with zero attached hydrogens (tertiary/aromatic N) is 1. The van der Waals surface area contributed by atoms with Crippen molar-refractivity contribution < 1.29 is 9.47 Å². The molecule has 18 heavy (non-hydrogen) atoms. The quantitative estimate of drug-likeness (QED) is 0.867. The average Bonchev–Trinajstić information content (AvgIpc) is 2.41. The molecule has 0 saturated carbocycles. The zero-order chi connectivity index (χ0) is 12.4. The Hall–Kier alpha value is -1.42. The number of fused-ring (bicyclic) bond motifs is 1. The van der Waals surface area contributed by atoms with Crippen LogP contribution in [0.5, 0.6) is 11.5 Å². The first-order chi connectivity index (χ1) is 8.81. The van der Waals surface area contributed by atoms with Crippen molar-refractivity contribution in [1.82, 2.24) is 4.90 Å². The van der Waals surface area contributed by atoms with Crippen molar-refractivity contribution in [3.8, 4) is 11.5 Å². The number of hydrogen-bond donors (Lipinski definition) is 1. The molecule has 1 fully saturated rings. The SMILES string of the molecule is CN1CCC(Nc2ccc3c(c2)OCCO3)CC1. The van der Waals surface area contributed by atoms with Crippen LogP contribution in [0.1, 0.15) is 12.8 Å². The third-order valence-electron chi connectivity index (χ3n) is 3.63. The topological polar surface area (TPSA) is 33.7 Å². The van der Waals surface area contributed by atoms with Gasteiger partial charge >= 0.3 is 0 Å². The molecule has 2 aliphatic heterocycles. The van der Waals surface area contributed by atoms with Crippen molar-refractivity contribution in [2.45, 2.75) is 18.9 Å². The molecule has 3 rings (SSSR count). The summed E-state index contributed by atoms with van der Waals surface area (Å²) in [5, 5.41) is 3.59. The highest BCUT2D eigenvalue weighted by Gasteiger charge is 2.17. The van der Waals surface area contributed by atoms with E-state index in [1.807, 2.05) is 12.1 Å². The van der Waals surface area contributed by atoms with Gasteiger partial charge in [0.15, 0.2) is 11.5 Å². The number of rotatable bonds is 2. The number of anilines is 1. The van der Waals surface area contributed by atoms with E-state index in [4.69, 9.17) is 9.47 Å². The fourth-order valence-electron chi connectivity index (χ4n) is 2.52. The van der Waals surface area contributed by atoms with Crippen LogP contribution in [-0.4, -0.2) is 44.3 Å². The highest BCUT2D eigenvalue weighted by atomic mass is 16.6. The average molecular weight is 248 g/mol. The third-order valence-corrected chi connectivity index (χ3v) is 3.63. The Morgan fingerprint density at radius 2 is 1.83 bits per heavy atom. The van der Waals surface area contributed by atoms with E-state index in [1.165, 1.54) is 25.9 Å². The lowest BCUT2D eigenvalue weighted by atomic mass is 10.1. The van der Waals surface area contributed by atoms with E-state index >= 15 is 0 Å². The first-order valence-electron chi connectivity index (χ1n) is 6.66. The van der Waals surface area contributed by atoms with Gasteiger partial charge in [-0.25, -0.2) is 0 Å². The van der Waals surface area contributed by atoms with E-state index in [9.17, 15) is 0 Å². The van der Waals surface area contributed by atoms with E-state index in [0.717, 1.165) is 17.2 Å². The van der Waals surface area contributed by atoms with Gasteiger partial charge in [0.1, 0.15) is 13.2 Å². The second kappa shape index (κ2) is 5.06. The second-order valence-corrected chi connectivity index (χ2v) is 5.08. The lowest BCUT2D eigenvalue weighted by Gasteiger charge is -2.30. The molecule has 1 N–H and O–H groups in total. The van der Waals surface area contributed by atoms with Gasteiger partial charge in [0.2, 0.25) is 0 Å². The summed E-state index contributed by atoms with van der Waals surface area (Å²) in [6, 6.07) is 6.69. The molecule has 2 heterocycles. The van der Waals surface area contributed by atoms with Crippen LogP contribution < -0.4 is 14.8 Å². The molecular formula is C14H20N2O2. The second-order valence-electron chi connectivity index (χ2n) is 5.08. The first-order valence-corrected chi connectivity index (χ1v) is 6.66. The predicted octanol–water partition coefficient (Wildman–Crippen LogP) is 1.96. The number of piperidine rings is 1. The standard InChI is InChI=1S/C14H20N2O2/c1-16-6-4-11(5-7-16)15-12-2-3-13-14(10-12)18-9-8-17-13/h2-3,10-11,15H,4-9H2,1H3. The summed E-state index contributed by atoms with van der Waals surface area (Å²) in [6.45, 7) is 3.63. The van der Waals surface area contributed by atoms with Gasteiger partial charge in [0, 0.05) is 17.8 Å². The summed E-state index contributed by atoms with van der Waals surface area (Å²) in [6.07, 6.45) is 2.40. The Morgan fingerprint density at radius 3 is 2.61 bits per heavy atom. The molecule has 4 nitrogen and oxygen atoms in total. The molecule has 98 valence electrons. The van der Waals surface area contributed by atoms with Gasteiger partial charge in [-0.15, -0.1) is 0 Å². The van der Waals surface area contributed by atoms with E-state index in [2.05, 4.69) is 23.3 Å². The van der Waals surface area contributed by atoms with Gasteiger partial charge in [-0.1, -0.05) is 0 Å². The van der Waals surface area contributed by atoms with E-state index in [0.29, 0.717) is 19.3 Å². The van der Waals surface area contributed by atoms with Gasteiger partial charge in [0.05, 0.1) is 0 Å². The molecule has 0 spiro atoms. The van der Waals surface area contributed by atoms with Crippen LogP contribution in [0.2, 0.25) is 0 Å². The highest BCUT2D eigenvalue weighted by Crippen LogP contribution is 2.33. The molecule has 0 atom stereocenters. The van der Waals surface area contributed by atoms with Gasteiger partial charge in [-0.3, -0.25) is 0 Å². The molecule has 0 radical (unpaired) electrons. The molecule has 0 aliphatic carbocycles. The number of nitrogens with one attached hydrogen (secondary N) is 1. The maximum atomic E-state index is 5.60. The largest absolute Gasteiger partial charge is 0.486 e. The summed E-state index contributed by atoms with van der Waals surface area (Å²) in [7, 11) is 2.18. The van der Waals surface area contributed by atoms with Crippen LogP contribution in [0.3, 0.4) is 0 Å². The van der Waals surface area contributed by atoms with Crippen LogP contribution in [-0.2, 0) is 0 Å². The Bertz CT molecular complexity index is 414. The molecule has 0 unspecified atom stereocenters. The molecular weight excluding hydrogens is 228 g/mol. The number of benzene rings is 1. The van der Waals surface area contributed by atoms with E-state index in [-0.39, 0.29) is 0 Å². The maximum absolute atomic E-state index is 5.60. The minimum atomic E-state index is 0.573. The van der Waals surface area contributed by atoms with Gasteiger partial charge in [-0.05, 0) is 45.1 Å². The number of hydrogen-bond acceptors (Lipinski definition) is 4. The first kappa shape index (κ1) is 11.7. The summed E-state index contributed by atoms with van der Waals surface area (Å²) >= 11 is 0. The third kappa shape index (κ3) is 2.53. The lowest BCUT2D eigenvalue weighted by Crippen LogP contribution is -2.36. The monoisotopic (exact) mass is 248 g/mol. The van der Waals surface area contributed by atoms with E-state index < -0.39 is 0 Å². The van der Waals surface area contributed by atoms with Gasteiger partial charge in [-0.2, -0.15) is 0 Å². The maximum Gasteiger partial charge on any atom is 0.163 e. The zero-order valence-electron chi connectivity index (χ0n) is 10.8. The Labute approximate surface area is 108 Å².